The van der Waals surface area contributed by atoms with Crippen LogP contribution in [-0.4, -0.2) is 15.8 Å². The van der Waals surface area contributed by atoms with Crippen LogP contribution in [0.4, 0.5) is 11.4 Å². The summed E-state index contributed by atoms with van der Waals surface area (Å²) in [5.41, 5.74) is 2.74. The highest BCUT2D eigenvalue weighted by Gasteiger charge is 2.30. The molecule has 0 saturated heterocycles. The van der Waals surface area contributed by atoms with Crippen molar-refractivity contribution in [3.8, 4) is 0 Å². The summed E-state index contributed by atoms with van der Waals surface area (Å²) in [6.07, 6.45) is 0. The largest absolute Gasteiger partial charge is 0.365 e. The molecular formula is C7H6ClN3O5. The number of primary amides is 1. The quantitative estimate of drug-likeness (QED) is 0.629. The Morgan fingerprint density at radius 1 is 1.19 bits per heavy atom. The lowest BCUT2D eigenvalue weighted by Crippen LogP contribution is -2.14. The van der Waals surface area contributed by atoms with E-state index in [-0.39, 0.29) is 12.4 Å². The summed E-state index contributed by atoms with van der Waals surface area (Å²) in [6, 6.07) is 3.16. The first-order valence-electron chi connectivity index (χ1n) is 3.66. The van der Waals surface area contributed by atoms with Gasteiger partial charge in [0.2, 0.25) is 0 Å². The summed E-state index contributed by atoms with van der Waals surface area (Å²) in [5.74, 6) is -1.08. The van der Waals surface area contributed by atoms with Crippen LogP contribution >= 0.6 is 12.4 Å². The fraction of sp³-hybridized carbons (Fsp3) is 0. The summed E-state index contributed by atoms with van der Waals surface area (Å²) in [7, 11) is 0. The molecule has 0 aliphatic heterocycles. The zero-order valence-electron chi connectivity index (χ0n) is 7.65. The average molecular weight is 248 g/mol. The molecule has 86 valence electrons. The molecule has 0 bridgehead atoms. The molecule has 0 saturated carbocycles. The molecule has 0 aromatic heterocycles. The Morgan fingerprint density at radius 2 is 1.75 bits per heavy atom. The van der Waals surface area contributed by atoms with Crippen molar-refractivity contribution in [2.75, 3.05) is 0 Å². The third-order valence-electron chi connectivity index (χ3n) is 1.66. The minimum Gasteiger partial charge on any atom is -0.365 e. The van der Waals surface area contributed by atoms with E-state index >= 15 is 0 Å². The number of nitro benzene ring substituents is 2. The molecule has 8 nitrogen and oxygen atoms in total. The zero-order chi connectivity index (χ0) is 11.6. The summed E-state index contributed by atoms with van der Waals surface area (Å²) < 4.78 is 0. The minimum atomic E-state index is -1.08. The Balaban J connectivity index is 0.00000225. The highest BCUT2D eigenvalue weighted by Crippen LogP contribution is 2.29. The number of halogens is 1. The van der Waals surface area contributed by atoms with Gasteiger partial charge in [-0.15, -0.1) is 12.4 Å². The Bertz CT molecular complexity index is 429. The number of rotatable bonds is 3. The number of para-hydroxylation sites is 1. The maximum Gasteiger partial charge on any atom is 0.358 e. The second-order valence-corrected chi connectivity index (χ2v) is 2.55. The predicted molar refractivity (Wildman–Crippen MR) is 55.5 cm³/mol. The van der Waals surface area contributed by atoms with Gasteiger partial charge in [-0.05, 0) is 6.07 Å². The van der Waals surface area contributed by atoms with Crippen LogP contribution in [0.25, 0.3) is 0 Å². The van der Waals surface area contributed by atoms with E-state index in [9.17, 15) is 25.0 Å². The normalized spacial score (nSPS) is 9.00. The topological polar surface area (TPSA) is 129 Å². The lowest BCUT2D eigenvalue weighted by Gasteiger charge is -1.98. The van der Waals surface area contributed by atoms with E-state index in [4.69, 9.17) is 5.73 Å². The highest BCUT2D eigenvalue weighted by molar-refractivity contribution is 5.98. The second kappa shape index (κ2) is 5.03. The van der Waals surface area contributed by atoms with Crippen molar-refractivity contribution in [1.29, 1.82) is 0 Å². The number of nitrogens with zero attached hydrogens (tertiary/aromatic N) is 2. The molecule has 1 amide bonds. The van der Waals surface area contributed by atoms with Crippen molar-refractivity contribution < 1.29 is 14.6 Å². The fourth-order valence-electron chi connectivity index (χ4n) is 1.07. The van der Waals surface area contributed by atoms with Crippen LogP contribution in [0, 0.1) is 20.2 Å². The molecule has 1 aromatic carbocycles. The monoisotopic (exact) mass is 247 g/mol. The van der Waals surface area contributed by atoms with Crippen LogP contribution in [-0.2, 0) is 0 Å². The molecule has 0 unspecified atom stereocenters. The zero-order valence-corrected chi connectivity index (χ0v) is 8.47. The summed E-state index contributed by atoms with van der Waals surface area (Å²) >= 11 is 0. The Kier molecular flexibility index (Phi) is 4.33. The summed E-state index contributed by atoms with van der Waals surface area (Å²) in [6.45, 7) is 0. The maximum atomic E-state index is 10.8. The van der Waals surface area contributed by atoms with Gasteiger partial charge in [-0.2, -0.15) is 0 Å². The van der Waals surface area contributed by atoms with Crippen LogP contribution in [0.15, 0.2) is 18.2 Å². The van der Waals surface area contributed by atoms with Gasteiger partial charge in [0.25, 0.3) is 5.91 Å². The van der Waals surface area contributed by atoms with Gasteiger partial charge < -0.3 is 5.73 Å². The first kappa shape index (κ1) is 13.8. The molecule has 0 spiro atoms. The number of carbonyl (C=O) groups excluding carboxylic acids is 1. The van der Waals surface area contributed by atoms with Crippen LogP contribution in [0.1, 0.15) is 10.4 Å². The molecule has 0 radical (unpaired) electrons. The van der Waals surface area contributed by atoms with E-state index in [0.29, 0.717) is 0 Å². The summed E-state index contributed by atoms with van der Waals surface area (Å²) in [5, 5.41) is 21.0. The Labute approximate surface area is 94.8 Å². The molecule has 0 aliphatic carbocycles. The van der Waals surface area contributed by atoms with Crippen LogP contribution in [0.3, 0.4) is 0 Å². The number of hydrogen-bond acceptors (Lipinski definition) is 5. The van der Waals surface area contributed by atoms with E-state index in [0.717, 1.165) is 18.2 Å². The van der Waals surface area contributed by atoms with Crippen molar-refractivity contribution in [3.05, 3.63) is 44.0 Å². The number of benzene rings is 1. The van der Waals surface area contributed by atoms with Gasteiger partial charge in [-0.3, -0.25) is 25.0 Å². The first-order valence-corrected chi connectivity index (χ1v) is 3.66. The predicted octanol–water partition coefficient (Wildman–Crippen LogP) is 1.02. The molecule has 2 N–H and O–H groups in total. The van der Waals surface area contributed by atoms with E-state index < -0.39 is 32.7 Å². The van der Waals surface area contributed by atoms with E-state index in [1.165, 1.54) is 0 Å². The van der Waals surface area contributed by atoms with Gasteiger partial charge in [-0.1, -0.05) is 6.07 Å². The minimum absolute atomic E-state index is 0. The van der Waals surface area contributed by atoms with Crippen molar-refractivity contribution in [2.24, 2.45) is 5.73 Å². The SMILES string of the molecule is Cl.NC(=O)c1cccc([N+](=O)[O-])c1[N+](=O)[O-]. The summed E-state index contributed by atoms with van der Waals surface area (Å²) in [4.78, 5) is 29.8. The molecule has 1 rings (SSSR count). The standard InChI is InChI=1S/C7H5N3O5.ClH/c8-7(11)4-2-1-3-5(9(12)13)6(4)10(14)15;/h1-3H,(H2,8,11);1H. The second-order valence-electron chi connectivity index (χ2n) is 2.55. The smallest absolute Gasteiger partial charge is 0.358 e. The van der Waals surface area contributed by atoms with Gasteiger partial charge in [0.05, 0.1) is 9.85 Å². The Hall–Kier alpha value is -2.22. The van der Waals surface area contributed by atoms with Crippen LogP contribution in [0.2, 0.25) is 0 Å². The average Bonchev–Trinajstić information content (AvgIpc) is 2.16. The van der Waals surface area contributed by atoms with E-state index in [1.807, 2.05) is 0 Å². The highest BCUT2D eigenvalue weighted by atomic mass is 35.5. The number of carbonyl (C=O) groups is 1. The van der Waals surface area contributed by atoms with Gasteiger partial charge in [0.15, 0.2) is 0 Å². The number of nitro groups is 2. The molecule has 1 aromatic rings. The maximum absolute atomic E-state index is 10.8. The lowest BCUT2D eigenvalue weighted by atomic mass is 10.1. The third-order valence-corrected chi connectivity index (χ3v) is 1.66. The molecule has 0 atom stereocenters. The molecule has 0 fully saturated rings. The molecule has 0 heterocycles. The lowest BCUT2D eigenvalue weighted by molar-refractivity contribution is -0.422. The Morgan fingerprint density at radius 3 is 2.12 bits per heavy atom. The van der Waals surface area contributed by atoms with Crippen LogP contribution < -0.4 is 5.73 Å². The third kappa shape index (κ3) is 2.42. The van der Waals surface area contributed by atoms with Crippen molar-refractivity contribution in [3.63, 3.8) is 0 Å². The van der Waals surface area contributed by atoms with Gasteiger partial charge in [0.1, 0.15) is 5.56 Å². The van der Waals surface area contributed by atoms with E-state index in [2.05, 4.69) is 0 Å². The van der Waals surface area contributed by atoms with Crippen molar-refractivity contribution in [2.45, 2.75) is 0 Å². The van der Waals surface area contributed by atoms with E-state index in [1.54, 1.807) is 0 Å². The van der Waals surface area contributed by atoms with Gasteiger partial charge >= 0.3 is 11.4 Å². The van der Waals surface area contributed by atoms with Gasteiger partial charge in [0, 0.05) is 6.07 Å². The molecular weight excluding hydrogens is 242 g/mol. The fourth-order valence-corrected chi connectivity index (χ4v) is 1.07. The number of nitrogens with two attached hydrogens (primary N) is 1. The van der Waals surface area contributed by atoms with Crippen molar-refractivity contribution in [1.82, 2.24) is 0 Å². The van der Waals surface area contributed by atoms with Gasteiger partial charge in [-0.25, -0.2) is 0 Å². The first-order chi connectivity index (χ1) is 6.95. The van der Waals surface area contributed by atoms with Crippen LogP contribution in [0.5, 0.6) is 0 Å². The number of amides is 1. The molecule has 9 heteroatoms. The van der Waals surface area contributed by atoms with Crippen molar-refractivity contribution >= 4 is 29.7 Å². The molecule has 0 aliphatic rings. The molecule has 16 heavy (non-hydrogen) atoms. The number of hydrogen-bond donors (Lipinski definition) is 1.